The lowest BCUT2D eigenvalue weighted by Crippen LogP contribution is -2.48. The van der Waals surface area contributed by atoms with Gasteiger partial charge in [0.15, 0.2) is 0 Å². The normalized spacial score (nSPS) is 18.7. The van der Waals surface area contributed by atoms with Crippen molar-refractivity contribution in [1.29, 1.82) is 0 Å². The van der Waals surface area contributed by atoms with Crippen LogP contribution in [0.2, 0.25) is 0 Å². The fourth-order valence-electron chi connectivity index (χ4n) is 2.11. The van der Waals surface area contributed by atoms with Crippen LogP contribution in [0, 0.1) is 10.1 Å². The average molecular weight is 253 g/mol. The summed E-state index contributed by atoms with van der Waals surface area (Å²) in [5.74, 6) is 0. The van der Waals surface area contributed by atoms with E-state index in [-0.39, 0.29) is 5.60 Å². The van der Waals surface area contributed by atoms with Crippen molar-refractivity contribution >= 4 is 11.4 Å². The number of nitro groups is 1. The lowest BCUT2D eigenvalue weighted by Gasteiger charge is -2.38. The van der Waals surface area contributed by atoms with Crippen LogP contribution in [0.4, 0.5) is 11.4 Å². The van der Waals surface area contributed by atoms with Gasteiger partial charge in [0.2, 0.25) is 0 Å². The Morgan fingerprint density at radius 1 is 1.56 bits per heavy atom. The van der Waals surface area contributed by atoms with E-state index in [0.717, 1.165) is 0 Å². The first kappa shape index (κ1) is 12.6. The summed E-state index contributed by atoms with van der Waals surface area (Å²) in [6, 6.07) is 1.56. The largest absolute Gasteiger partial charge is 0.372 e. The zero-order valence-corrected chi connectivity index (χ0v) is 10.3. The summed E-state index contributed by atoms with van der Waals surface area (Å²) < 4.78 is 5.55. The maximum atomic E-state index is 11.5. The van der Waals surface area contributed by atoms with Crippen LogP contribution in [0.3, 0.4) is 0 Å². The number of hydrogen-bond donors (Lipinski definition) is 1. The summed E-state index contributed by atoms with van der Waals surface area (Å²) in [6.07, 6.45) is 1.42. The molecule has 1 N–H and O–H groups in total. The Labute approximate surface area is 104 Å². The van der Waals surface area contributed by atoms with E-state index in [9.17, 15) is 14.9 Å². The van der Waals surface area contributed by atoms with Crippen molar-refractivity contribution in [2.75, 3.05) is 24.6 Å². The van der Waals surface area contributed by atoms with Crippen molar-refractivity contribution in [3.63, 3.8) is 0 Å². The molecule has 1 aromatic rings. The smallest absolute Gasteiger partial charge is 0.356 e. The summed E-state index contributed by atoms with van der Waals surface area (Å²) in [6.45, 7) is 5.36. The minimum atomic E-state index is -0.679. The van der Waals surface area contributed by atoms with Crippen molar-refractivity contribution in [2.45, 2.75) is 19.4 Å². The molecule has 0 unspecified atom stereocenters. The standard InChI is InChI=1S/C11H15N3O4/c1-11(2)7-13(5-6-18-11)8-3-4-12-10(15)9(8)14(16)17/h3-4H,5-7H2,1-2H3,(H,12,15). The van der Waals surface area contributed by atoms with Gasteiger partial charge >= 0.3 is 11.2 Å². The highest BCUT2D eigenvalue weighted by molar-refractivity contribution is 5.62. The molecule has 98 valence electrons. The monoisotopic (exact) mass is 253 g/mol. The summed E-state index contributed by atoms with van der Waals surface area (Å²) in [5, 5.41) is 11.0. The van der Waals surface area contributed by atoms with Crippen LogP contribution < -0.4 is 10.5 Å². The van der Waals surface area contributed by atoms with Gasteiger partial charge in [0.05, 0.1) is 17.1 Å². The molecule has 0 aromatic carbocycles. The van der Waals surface area contributed by atoms with Crippen molar-refractivity contribution in [2.24, 2.45) is 0 Å². The number of rotatable bonds is 2. The number of aromatic amines is 1. The summed E-state index contributed by atoms with van der Waals surface area (Å²) in [4.78, 5) is 26.0. The van der Waals surface area contributed by atoms with Crippen LogP contribution in [0.25, 0.3) is 0 Å². The van der Waals surface area contributed by atoms with E-state index >= 15 is 0 Å². The molecule has 0 spiro atoms. The second-order valence-corrected chi connectivity index (χ2v) is 4.83. The van der Waals surface area contributed by atoms with E-state index in [0.29, 0.717) is 25.4 Å². The molecule has 7 nitrogen and oxygen atoms in total. The van der Waals surface area contributed by atoms with Gasteiger partial charge in [-0.3, -0.25) is 14.9 Å². The topological polar surface area (TPSA) is 88.5 Å². The van der Waals surface area contributed by atoms with Crippen LogP contribution in [0.15, 0.2) is 17.1 Å². The van der Waals surface area contributed by atoms with Gasteiger partial charge in [-0.25, -0.2) is 0 Å². The average Bonchev–Trinajstić information content (AvgIpc) is 2.26. The molecule has 7 heteroatoms. The Hall–Kier alpha value is -1.89. The molecule has 0 atom stereocenters. The Kier molecular flexibility index (Phi) is 3.08. The van der Waals surface area contributed by atoms with Crippen LogP contribution in [-0.2, 0) is 4.74 Å². The number of aromatic nitrogens is 1. The van der Waals surface area contributed by atoms with E-state index in [1.54, 1.807) is 6.07 Å². The first-order valence-electron chi connectivity index (χ1n) is 5.66. The molecule has 0 amide bonds. The fraction of sp³-hybridized carbons (Fsp3) is 0.545. The third-order valence-electron chi connectivity index (χ3n) is 2.86. The number of pyridine rings is 1. The Morgan fingerprint density at radius 2 is 2.28 bits per heavy atom. The highest BCUT2D eigenvalue weighted by atomic mass is 16.6. The van der Waals surface area contributed by atoms with E-state index in [2.05, 4.69) is 4.98 Å². The molecule has 2 heterocycles. The Bertz CT molecular complexity index is 523. The van der Waals surface area contributed by atoms with Gasteiger partial charge in [-0.2, -0.15) is 0 Å². The fourth-order valence-corrected chi connectivity index (χ4v) is 2.11. The lowest BCUT2D eigenvalue weighted by atomic mass is 10.1. The zero-order chi connectivity index (χ0) is 13.3. The molecule has 18 heavy (non-hydrogen) atoms. The quantitative estimate of drug-likeness (QED) is 0.624. The molecule has 1 saturated heterocycles. The Morgan fingerprint density at radius 3 is 2.89 bits per heavy atom. The molecular weight excluding hydrogens is 238 g/mol. The van der Waals surface area contributed by atoms with Gasteiger partial charge in [0.1, 0.15) is 5.69 Å². The summed E-state index contributed by atoms with van der Waals surface area (Å²) in [5.41, 5.74) is -1.12. The minimum Gasteiger partial charge on any atom is -0.372 e. The lowest BCUT2D eigenvalue weighted by molar-refractivity contribution is -0.385. The maximum Gasteiger partial charge on any atom is 0.356 e. The van der Waals surface area contributed by atoms with Crippen LogP contribution in [0.5, 0.6) is 0 Å². The van der Waals surface area contributed by atoms with E-state index < -0.39 is 16.2 Å². The van der Waals surface area contributed by atoms with Crippen LogP contribution in [-0.4, -0.2) is 35.2 Å². The van der Waals surface area contributed by atoms with Gasteiger partial charge in [-0.1, -0.05) is 0 Å². The third-order valence-corrected chi connectivity index (χ3v) is 2.86. The number of nitrogens with zero attached hydrogens (tertiary/aromatic N) is 2. The minimum absolute atomic E-state index is 0.347. The molecule has 1 aliphatic rings. The first-order chi connectivity index (χ1) is 8.41. The number of ether oxygens (including phenoxy) is 1. The predicted molar refractivity (Wildman–Crippen MR) is 66.0 cm³/mol. The summed E-state index contributed by atoms with van der Waals surface area (Å²) in [7, 11) is 0. The maximum absolute atomic E-state index is 11.5. The number of hydrogen-bond acceptors (Lipinski definition) is 5. The van der Waals surface area contributed by atoms with E-state index in [1.807, 2.05) is 18.7 Å². The molecular formula is C11H15N3O4. The zero-order valence-electron chi connectivity index (χ0n) is 10.3. The molecule has 0 aliphatic carbocycles. The molecule has 0 bridgehead atoms. The van der Waals surface area contributed by atoms with Crippen LogP contribution >= 0.6 is 0 Å². The van der Waals surface area contributed by atoms with Crippen molar-refractivity contribution in [1.82, 2.24) is 4.98 Å². The highest BCUT2D eigenvalue weighted by Crippen LogP contribution is 2.28. The second-order valence-electron chi connectivity index (χ2n) is 4.83. The van der Waals surface area contributed by atoms with E-state index in [4.69, 9.17) is 4.74 Å². The van der Waals surface area contributed by atoms with Crippen molar-refractivity contribution < 1.29 is 9.66 Å². The number of H-pyrrole nitrogens is 1. The predicted octanol–water partition coefficient (Wildman–Crippen LogP) is 0.898. The van der Waals surface area contributed by atoms with Gasteiger partial charge in [-0.05, 0) is 19.9 Å². The van der Waals surface area contributed by atoms with Crippen LogP contribution in [0.1, 0.15) is 13.8 Å². The molecule has 0 radical (unpaired) electrons. The van der Waals surface area contributed by atoms with Gasteiger partial charge in [-0.15, -0.1) is 0 Å². The molecule has 2 rings (SSSR count). The highest BCUT2D eigenvalue weighted by Gasteiger charge is 2.31. The molecule has 1 aromatic heterocycles. The van der Waals surface area contributed by atoms with Gasteiger partial charge in [0, 0.05) is 19.3 Å². The molecule has 0 saturated carbocycles. The third kappa shape index (κ3) is 2.35. The molecule has 1 fully saturated rings. The number of nitrogens with one attached hydrogen (secondary N) is 1. The number of morpholine rings is 1. The Balaban J connectivity index is 2.42. The second kappa shape index (κ2) is 4.41. The van der Waals surface area contributed by atoms with Gasteiger partial charge < -0.3 is 14.6 Å². The van der Waals surface area contributed by atoms with Crippen molar-refractivity contribution in [3.8, 4) is 0 Å². The van der Waals surface area contributed by atoms with E-state index in [1.165, 1.54) is 6.20 Å². The number of anilines is 1. The van der Waals surface area contributed by atoms with Gasteiger partial charge in [0.25, 0.3) is 0 Å². The summed E-state index contributed by atoms with van der Waals surface area (Å²) >= 11 is 0. The first-order valence-corrected chi connectivity index (χ1v) is 5.66. The molecule has 1 aliphatic heterocycles. The SMILES string of the molecule is CC1(C)CN(c2cc[nH]c(=O)c2[N+](=O)[O-])CCO1. The van der Waals surface area contributed by atoms with Crippen molar-refractivity contribution in [3.05, 3.63) is 32.7 Å².